The minimum Gasteiger partial charge on any atom is -0.363 e. The molecule has 2 rings (SSSR count). The highest BCUT2D eigenvalue weighted by molar-refractivity contribution is 5.63. The molecule has 0 aliphatic heterocycles. The highest BCUT2D eigenvalue weighted by atomic mass is 19.1. The van der Waals surface area contributed by atoms with Gasteiger partial charge in [-0.1, -0.05) is 12.1 Å². The number of nitrogens with zero attached hydrogens (tertiary/aromatic N) is 2. The Kier molecular flexibility index (Phi) is 2.86. The zero-order chi connectivity index (χ0) is 11.5. The van der Waals surface area contributed by atoms with Crippen LogP contribution in [0.2, 0.25) is 0 Å². The molecule has 0 atom stereocenters. The Morgan fingerprint density at radius 2 is 1.56 bits per heavy atom. The maximum atomic E-state index is 12.8. The molecule has 0 saturated heterocycles. The van der Waals surface area contributed by atoms with E-state index in [-0.39, 0.29) is 5.82 Å². The fraction of sp³-hybridized carbons (Fsp3) is 0.154. The van der Waals surface area contributed by atoms with Gasteiger partial charge in [-0.3, -0.25) is 0 Å². The van der Waals surface area contributed by atoms with Crippen LogP contribution in [0, 0.1) is 5.82 Å². The maximum absolute atomic E-state index is 12.8. The molecule has 1 heterocycles. The second kappa shape index (κ2) is 4.31. The summed E-state index contributed by atoms with van der Waals surface area (Å²) >= 11 is 0. The Morgan fingerprint density at radius 1 is 0.938 bits per heavy atom. The molecule has 1 aromatic carbocycles. The van der Waals surface area contributed by atoms with Gasteiger partial charge in [0, 0.05) is 25.9 Å². The summed E-state index contributed by atoms with van der Waals surface area (Å²) in [5.74, 6) is 0.687. The van der Waals surface area contributed by atoms with E-state index < -0.39 is 0 Å². The minimum absolute atomic E-state index is 0.221. The molecule has 1 aromatic heterocycles. The summed E-state index contributed by atoms with van der Waals surface area (Å²) in [5, 5.41) is 0. The Labute approximate surface area is 94.4 Å². The predicted molar refractivity (Wildman–Crippen MR) is 64.0 cm³/mol. The van der Waals surface area contributed by atoms with Crippen LogP contribution in [0.3, 0.4) is 0 Å². The third-order valence-electron chi connectivity index (χ3n) is 2.38. The highest BCUT2D eigenvalue weighted by Crippen LogP contribution is 2.20. The van der Waals surface area contributed by atoms with Crippen LogP contribution in [0.4, 0.5) is 10.2 Å². The summed E-state index contributed by atoms with van der Waals surface area (Å²) in [7, 11) is 3.89. The van der Waals surface area contributed by atoms with Gasteiger partial charge in [-0.15, -0.1) is 0 Å². The lowest BCUT2D eigenvalue weighted by atomic mass is 10.1. The van der Waals surface area contributed by atoms with E-state index in [0.717, 1.165) is 16.9 Å². The number of pyridine rings is 1. The first-order valence-corrected chi connectivity index (χ1v) is 5.06. The molecule has 0 saturated carbocycles. The number of rotatable bonds is 2. The summed E-state index contributed by atoms with van der Waals surface area (Å²) < 4.78 is 12.8. The fourth-order valence-electron chi connectivity index (χ4n) is 1.46. The largest absolute Gasteiger partial charge is 0.363 e. The van der Waals surface area contributed by atoms with Crippen LogP contribution in [-0.2, 0) is 0 Å². The molecule has 2 nitrogen and oxygen atoms in total. The zero-order valence-electron chi connectivity index (χ0n) is 9.31. The van der Waals surface area contributed by atoms with Gasteiger partial charge in [0.25, 0.3) is 0 Å². The Morgan fingerprint density at radius 3 is 2.06 bits per heavy atom. The van der Waals surface area contributed by atoms with Gasteiger partial charge in [0.05, 0.1) is 0 Å². The van der Waals surface area contributed by atoms with E-state index in [1.165, 1.54) is 12.1 Å². The van der Waals surface area contributed by atoms with Crippen molar-refractivity contribution >= 4 is 5.82 Å². The monoisotopic (exact) mass is 216 g/mol. The standard InChI is InChI=1S/C13H13FN2/c1-16(2)13-8-5-11(9-15-13)10-3-6-12(14)7-4-10/h3-9H,1-2H3. The topological polar surface area (TPSA) is 16.1 Å². The molecule has 0 fully saturated rings. The molecule has 0 amide bonds. The second-order valence-electron chi connectivity index (χ2n) is 3.81. The van der Waals surface area contributed by atoms with Crippen LogP contribution >= 0.6 is 0 Å². The fourth-order valence-corrected chi connectivity index (χ4v) is 1.46. The SMILES string of the molecule is CN(C)c1ccc(-c2ccc(F)cc2)cn1. The van der Waals surface area contributed by atoms with Crippen molar-refractivity contribution in [3.8, 4) is 11.1 Å². The Bertz CT molecular complexity index is 460. The van der Waals surface area contributed by atoms with E-state index in [9.17, 15) is 4.39 Å². The van der Waals surface area contributed by atoms with Gasteiger partial charge in [-0.2, -0.15) is 0 Å². The van der Waals surface area contributed by atoms with E-state index >= 15 is 0 Å². The molecule has 0 unspecified atom stereocenters. The van der Waals surface area contributed by atoms with Gasteiger partial charge in [0.2, 0.25) is 0 Å². The first-order chi connectivity index (χ1) is 7.66. The van der Waals surface area contributed by atoms with Crippen LogP contribution in [0.15, 0.2) is 42.6 Å². The average molecular weight is 216 g/mol. The number of halogens is 1. The van der Waals surface area contributed by atoms with Crippen LogP contribution in [0.25, 0.3) is 11.1 Å². The lowest BCUT2D eigenvalue weighted by Gasteiger charge is -2.11. The minimum atomic E-state index is -0.221. The van der Waals surface area contributed by atoms with Crippen LogP contribution in [-0.4, -0.2) is 19.1 Å². The first-order valence-electron chi connectivity index (χ1n) is 5.06. The van der Waals surface area contributed by atoms with Crippen molar-refractivity contribution < 1.29 is 4.39 Å². The van der Waals surface area contributed by atoms with Crippen molar-refractivity contribution in [2.24, 2.45) is 0 Å². The number of anilines is 1. The molecule has 0 bridgehead atoms. The second-order valence-corrected chi connectivity index (χ2v) is 3.81. The van der Waals surface area contributed by atoms with Gasteiger partial charge in [-0.25, -0.2) is 9.37 Å². The summed E-state index contributed by atoms with van der Waals surface area (Å²) in [4.78, 5) is 6.25. The number of hydrogen-bond acceptors (Lipinski definition) is 2. The van der Waals surface area contributed by atoms with Gasteiger partial charge < -0.3 is 4.90 Å². The van der Waals surface area contributed by atoms with E-state index in [2.05, 4.69) is 4.98 Å². The maximum Gasteiger partial charge on any atom is 0.127 e. The number of benzene rings is 1. The molecule has 0 spiro atoms. The third kappa shape index (κ3) is 2.19. The normalized spacial score (nSPS) is 10.2. The Hall–Kier alpha value is -1.90. The van der Waals surface area contributed by atoms with Crippen LogP contribution in [0.1, 0.15) is 0 Å². The predicted octanol–water partition coefficient (Wildman–Crippen LogP) is 2.95. The van der Waals surface area contributed by atoms with Crippen molar-refractivity contribution in [1.29, 1.82) is 0 Å². The molecule has 0 N–H and O–H groups in total. The van der Waals surface area contributed by atoms with E-state index in [1.54, 1.807) is 18.3 Å². The molecular formula is C13H13FN2. The smallest absolute Gasteiger partial charge is 0.127 e. The number of aromatic nitrogens is 1. The summed E-state index contributed by atoms with van der Waals surface area (Å²) in [6.45, 7) is 0. The molecule has 16 heavy (non-hydrogen) atoms. The summed E-state index contributed by atoms with van der Waals surface area (Å²) in [6.07, 6.45) is 1.79. The molecule has 2 aromatic rings. The van der Waals surface area contributed by atoms with Crippen molar-refractivity contribution in [2.45, 2.75) is 0 Å². The van der Waals surface area contributed by atoms with Gasteiger partial charge in [0.1, 0.15) is 11.6 Å². The van der Waals surface area contributed by atoms with E-state index in [1.807, 2.05) is 31.1 Å². The van der Waals surface area contributed by atoms with E-state index in [0.29, 0.717) is 0 Å². The number of hydrogen-bond donors (Lipinski definition) is 0. The quantitative estimate of drug-likeness (QED) is 0.767. The van der Waals surface area contributed by atoms with Crippen molar-refractivity contribution in [3.63, 3.8) is 0 Å². The molecule has 0 radical (unpaired) electrons. The molecule has 0 aliphatic carbocycles. The van der Waals surface area contributed by atoms with Crippen molar-refractivity contribution in [2.75, 3.05) is 19.0 Å². The van der Waals surface area contributed by atoms with E-state index in [4.69, 9.17) is 0 Å². The zero-order valence-corrected chi connectivity index (χ0v) is 9.31. The molecule has 3 heteroatoms. The Balaban J connectivity index is 2.31. The van der Waals surface area contributed by atoms with Gasteiger partial charge in [0.15, 0.2) is 0 Å². The van der Waals surface area contributed by atoms with Crippen LogP contribution in [0.5, 0.6) is 0 Å². The molecule has 82 valence electrons. The lowest BCUT2D eigenvalue weighted by Crippen LogP contribution is -2.09. The van der Waals surface area contributed by atoms with Gasteiger partial charge in [-0.05, 0) is 29.8 Å². The lowest BCUT2D eigenvalue weighted by molar-refractivity contribution is 0.628. The average Bonchev–Trinajstić information content (AvgIpc) is 2.30. The highest BCUT2D eigenvalue weighted by Gasteiger charge is 2.00. The van der Waals surface area contributed by atoms with Gasteiger partial charge >= 0.3 is 0 Å². The van der Waals surface area contributed by atoms with Crippen molar-refractivity contribution in [1.82, 2.24) is 4.98 Å². The molecular weight excluding hydrogens is 203 g/mol. The summed E-state index contributed by atoms with van der Waals surface area (Å²) in [5.41, 5.74) is 1.96. The molecule has 0 aliphatic rings. The van der Waals surface area contributed by atoms with Crippen molar-refractivity contribution in [3.05, 3.63) is 48.4 Å². The first kappa shape index (κ1) is 10.6. The van der Waals surface area contributed by atoms with Crippen LogP contribution < -0.4 is 4.90 Å². The summed E-state index contributed by atoms with van der Waals surface area (Å²) in [6, 6.07) is 10.3. The third-order valence-corrected chi connectivity index (χ3v) is 2.38.